The fourth-order valence-corrected chi connectivity index (χ4v) is 6.83. The van der Waals surface area contributed by atoms with Gasteiger partial charge >= 0.3 is 11.9 Å². The molecule has 0 radical (unpaired) electrons. The number of unbranched alkanes of at least 4 members (excludes halogenated alkanes) is 8. The summed E-state index contributed by atoms with van der Waals surface area (Å²) in [6.07, 6.45) is 22.2. The highest BCUT2D eigenvalue weighted by Gasteiger charge is 2.48. The topological polar surface area (TPSA) is 86.7 Å². The predicted molar refractivity (Wildman–Crippen MR) is 161 cm³/mol. The second-order valence-corrected chi connectivity index (χ2v) is 12.1. The molecule has 0 spiro atoms. The first-order chi connectivity index (χ1) is 19.3. The number of hydrogen-bond acceptors (Lipinski definition) is 6. The summed E-state index contributed by atoms with van der Waals surface area (Å²) in [4.78, 5) is 43.2. The zero-order chi connectivity index (χ0) is 29.6. The molecule has 3 aliphatic rings. The molecule has 0 aromatic rings. The Kier molecular flexibility index (Phi) is 20.8. The van der Waals surface area contributed by atoms with Gasteiger partial charge in [0.05, 0.1) is 13.2 Å². The Hall–Kier alpha value is -1.72. The smallest absolute Gasteiger partial charge is 0.305 e. The van der Waals surface area contributed by atoms with Gasteiger partial charge in [-0.05, 0) is 109 Å². The highest BCUT2D eigenvalue weighted by molar-refractivity contribution is 5.75. The molecule has 3 rings (SSSR count). The summed E-state index contributed by atoms with van der Waals surface area (Å²) in [7, 11) is 0. The summed E-state index contributed by atoms with van der Waals surface area (Å²) < 4.78 is 9.63. The largest absolute Gasteiger partial charge is 0.466 e. The molecule has 0 amide bonds. The summed E-state index contributed by atoms with van der Waals surface area (Å²) >= 11 is 0. The third-order valence-corrected chi connectivity index (χ3v) is 8.78. The molecule has 0 heterocycles. The van der Waals surface area contributed by atoms with Gasteiger partial charge in [0, 0.05) is 25.7 Å². The lowest BCUT2D eigenvalue weighted by Crippen LogP contribution is -2.15. The molecule has 4 unspecified atom stereocenters. The minimum Gasteiger partial charge on any atom is -0.466 e. The Morgan fingerprint density at radius 1 is 0.525 bits per heavy atom. The minimum absolute atomic E-state index is 0.0961. The van der Waals surface area contributed by atoms with Gasteiger partial charge in [0.1, 0.15) is 11.6 Å². The molecule has 0 aliphatic heterocycles. The molecule has 3 fully saturated rings. The number of carbonyl (C=O) groups excluding carboxylic acids is 4. The quantitative estimate of drug-likeness (QED) is 0.122. The molecule has 3 saturated carbocycles. The highest BCUT2D eigenvalue weighted by Crippen LogP contribution is 2.58. The van der Waals surface area contributed by atoms with Crippen molar-refractivity contribution in [2.75, 3.05) is 13.2 Å². The van der Waals surface area contributed by atoms with Crippen LogP contribution < -0.4 is 0 Å². The molecule has 0 aromatic carbocycles. The molecule has 2 bridgehead atoms. The minimum atomic E-state index is -0.0961. The fraction of sp³-hybridized carbons (Fsp3) is 0.882. The summed E-state index contributed by atoms with van der Waals surface area (Å²) in [5.41, 5.74) is 0. The number of fused-ring (bicyclic) bond motifs is 5. The van der Waals surface area contributed by atoms with Crippen LogP contribution in [-0.2, 0) is 28.7 Å². The maximum absolute atomic E-state index is 11.0. The van der Waals surface area contributed by atoms with Gasteiger partial charge < -0.3 is 19.1 Å². The molecular weight excluding hydrogens is 504 g/mol. The lowest BCUT2D eigenvalue weighted by atomic mass is 9.82. The third-order valence-electron chi connectivity index (χ3n) is 8.78. The van der Waals surface area contributed by atoms with E-state index in [1.54, 1.807) is 52.4 Å². The van der Waals surface area contributed by atoms with Gasteiger partial charge in [-0.2, -0.15) is 0 Å². The van der Waals surface area contributed by atoms with E-state index in [0.717, 1.165) is 64.2 Å². The van der Waals surface area contributed by atoms with Gasteiger partial charge in [0.15, 0.2) is 0 Å². The van der Waals surface area contributed by atoms with Crippen LogP contribution in [0.2, 0.25) is 0 Å². The molecule has 40 heavy (non-hydrogen) atoms. The highest BCUT2D eigenvalue weighted by atomic mass is 16.5. The van der Waals surface area contributed by atoms with Crippen molar-refractivity contribution in [3.05, 3.63) is 0 Å². The van der Waals surface area contributed by atoms with Crippen LogP contribution in [0.15, 0.2) is 0 Å². The van der Waals surface area contributed by atoms with Crippen molar-refractivity contribution in [2.45, 2.75) is 156 Å². The van der Waals surface area contributed by atoms with E-state index < -0.39 is 0 Å². The van der Waals surface area contributed by atoms with E-state index in [-0.39, 0.29) is 23.5 Å². The molecule has 4 atom stereocenters. The van der Waals surface area contributed by atoms with E-state index >= 15 is 0 Å². The van der Waals surface area contributed by atoms with E-state index in [9.17, 15) is 19.2 Å². The van der Waals surface area contributed by atoms with Crippen LogP contribution in [0.3, 0.4) is 0 Å². The van der Waals surface area contributed by atoms with E-state index in [1.807, 2.05) is 13.8 Å². The average molecular weight is 565 g/mol. The average Bonchev–Trinajstić information content (AvgIpc) is 3.64. The third kappa shape index (κ3) is 17.2. The van der Waals surface area contributed by atoms with Crippen molar-refractivity contribution in [3.63, 3.8) is 0 Å². The van der Waals surface area contributed by atoms with E-state index in [0.29, 0.717) is 38.9 Å². The van der Waals surface area contributed by atoms with Crippen LogP contribution in [0.1, 0.15) is 156 Å². The van der Waals surface area contributed by atoms with Crippen molar-refractivity contribution in [3.8, 4) is 0 Å². The van der Waals surface area contributed by atoms with Gasteiger partial charge in [0.25, 0.3) is 0 Å². The first-order valence-corrected chi connectivity index (χ1v) is 16.6. The first kappa shape index (κ1) is 36.3. The van der Waals surface area contributed by atoms with Crippen molar-refractivity contribution < 1.29 is 28.7 Å². The standard InChI is InChI=1S/2C12H22O3.C10H16/c2*1-3-15-12(14)10-8-6-4-5-7-9-11(2)13;1-2-9-7-4-5-8(6-7)10(9)3-1/h2*3-10H2,1-2H3;7-10H,1-6H2. The molecule has 0 saturated heterocycles. The first-order valence-electron chi connectivity index (χ1n) is 16.6. The number of esters is 2. The SMILES string of the molecule is C1CC2C3CCC(C3)C2C1.CCOC(=O)CCCCCCCC(C)=O.CCOC(=O)CCCCCCCC(C)=O. The van der Waals surface area contributed by atoms with Crippen molar-refractivity contribution in [2.24, 2.45) is 23.7 Å². The maximum Gasteiger partial charge on any atom is 0.305 e. The van der Waals surface area contributed by atoms with Gasteiger partial charge in [0.2, 0.25) is 0 Å². The summed E-state index contributed by atoms with van der Waals surface area (Å²) in [6, 6.07) is 0. The summed E-state index contributed by atoms with van der Waals surface area (Å²) in [5.74, 6) is 5.14. The Morgan fingerprint density at radius 2 is 0.875 bits per heavy atom. The van der Waals surface area contributed by atoms with Crippen molar-refractivity contribution in [1.29, 1.82) is 0 Å². The normalized spacial score (nSPS) is 21.9. The molecule has 6 heteroatoms. The molecule has 3 aliphatic carbocycles. The Bertz CT molecular complexity index is 659. The van der Waals surface area contributed by atoms with E-state index in [4.69, 9.17) is 9.47 Å². The number of rotatable bonds is 18. The number of ether oxygens (including phenoxy) is 2. The van der Waals surface area contributed by atoms with Crippen LogP contribution in [0.4, 0.5) is 0 Å². The summed E-state index contributed by atoms with van der Waals surface area (Å²) in [5, 5.41) is 0. The van der Waals surface area contributed by atoms with Crippen LogP contribution in [0, 0.1) is 23.7 Å². The van der Waals surface area contributed by atoms with Crippen LogP contribution in [0.25, 0.3) is 0 Å². The summed E-state index contributed by atoms with van der Waals surface area (Å²) in [6.45, 7) is 7.83. The molecule has 6 nitrogen and oxygen atoms in total. The van der Waals surface area contributed by atoms with Crippen LogP contribution in [-0.4, -0.2) is 36.7 Å². The lowest BCUT2D eigenvalue weighted by molar-refractivity contribution is -0.144. The number of Topliss-reactive ketones (excluding diaryl/α,β-unsaturated/α-hetero) is 2. The number of ketones is 2. The molecule has 0 N–H and O–H groups in total. The zero-order valence-electron chi connectivity index (χ0n) is 26.3. The number of carbonyl (C=O) groups is 4. The van der Waals surface area contributed by atoms with Crippen LogP contribution >= 0.6 is 0 Å². The van der Waals surface area contributed by atoms with E-state index in [2.05, 4.69) is 0 Å². The van der Waals surface area contributed by atoms with Gasteiger partial charge in [-0.25, -0.2) is 0 Å². The fourth-order valence-electron chi connectivity index (χ4n) is 6.83. The lowest BCUT2D eigenvalue weighted by Gasteiger charge is -2.23. The Morgan fingerprint density at radius 3 is 1.23 bits per heavy atom. The second-order valence-electron chi connectivity index (χ2n) is 12.1. The van der Waals surface area contributed by atoms with E-state index in [1.165, 1.54) is 23.7 Å². The van der Waals surface area contributed by atoms with Gasteiger partial charge in [-0.1, -0.05) is 44.9 Å². The molecule has 232 valence electrons. The van der Waals surface area contributed by atoms with Gasteiger partial charge in [-0.3, -0.25) is 9.59 Å². The van der Waals surface area contributed by atoms with Crippen molar-refractivity contribution >= 4 is 23.5 Å². The molecular formula is C34H60O6. The Balaban J connectivity index is 0.000000304. The maximum atomic E-state index is 11.0. The second kappa shape index (κ2) is 22.9. The number of hydrogen-bond donors (Lipinski definition) is 0. The monoisotopic (exact) mass is 564 g/mol. The predicted octanol–water partition coefficient (Wildman–Crippen LogP) is 8.57. The Labute approximate surface area is 245 Å². The van der Waals surface area contributed by atoms with Gasteiger partial charge in [-0.15, -0.1) is 0 Å². The zero-order valence-corrected chi connectivity index (χ0v) is 26.3. The van der Waals surface area contributed by atoms with Crippen molar-refractivity contribution in [1.82, 2.24) is 0 Å². The molecule has 0 aromatic heterocycles. The van der Waals surface area contributed by atoms with Crippen LogP contribution in [0.5, 0.6) is 0 Å².